The van der Waals surface area contributed by atoms with Crippen LogP contribution >= 0.6 is 0 Å². The first-order chi connectivity index (χ1) is 8.19. The second-order valence-corrected chi connectivity index (χ2v) is 3.76. The predicted octanol–water partition coefficient (Wildman–Crippen LogP) is 1.88. The number of rotatable bonds is 3. The SMILES string of the molecule is COC(=O)CC1CC(c2ccc(F)cc2)=NO1. The van der Waals surface area contributed by atoms with E-state index in [0.29, 0.717) is 6.42 Å². The lowest BCUT2D eigenvalue weighted by Crippen LogP contribution is -2.15. The van der Waals surface area contributed by atoms with Crippen molar-refractivity contribution in [3.8, 4) is 0 Å². The van der Waals surface area contributed by atoms with Crippen LogP contribution in [0.4, 0.5) is 4.39 Å². The number of halogens is 1. The van der Waals surface area contributed by atoms with E-state index in [2.05, 4.69) is 9.89 Å². The zero-order valence-corrected chi connectivity index (χ0v) is 9.35. The van der Waals surface area contributed by atoms with Crippen LogP contribution in [-0.2, 0) is 14.4 Å². The number of esters is 1. The fourth-order valence-electron chi connectivity index (χ4n) is 1.62. The number of oxime groups is 1. The maximum absolute atomic E-state index is 12.7. The van der Waals surface area contributed by atoms with Gasteiger partial charge in [-0.2, -0.15) is 0 Å². The zero-order valence-electron chi connectivity index (χ0n) is 9.35. The Morgan fingerprint density at radius 3 is 2.88 bits per heavy atom. The molecule has 1 unspecified atom stereocenters. The van der Waals surface area contributed by atoms with Crippen molar-refractivity contribution in [3.05, 3.63) is 35.6 Å². The summed E-state index contributed by atoms with van der Waals surface area (Å²) in [6, 6.07) is 6.01. The highest BCUT2D eigenvalue weighted by Crippen LogP contribution is 2.19. The molecule has 0 aliphatic carbocycles. The van der Waals surface area contributed by atoms with Crippen molar-refractivity contribution in [2.75, 3.05) is 7.11 Å². The van der Waals surface area contributed by atoms with Gasteiger partial charge in [-0.1, -0.05) is 17.3 Å². The van der Waals surface area contributed by atoms with Gasteiger partial charge in [0.2, 0.25) is 0 Å². The van der Waals surface area contributed by atoms with E-state index in [4.69, 9.17) is 4.84 Å². The van der Waals surface area contributed by atoms with Crippen LogP contribution in [0.3, 0.4) is 0 Å². The summed E-state index contributed by atoms with van der Waals surface area (Å²) in [5, 5.41) is 3.89. The van der Waals surface area contributed by atoms with Gasteiger partial charge in [-0.25, -0.2) is 4.39 Å². The van der Waals surface area contributed by atoms with Gasteiger partial charge in [0.1, 0.15) is 11.9 Å². The lowest BCUT2D eigenvalue weighted by atomic mass is 10.0. The molecule has 1 aliphatic rings. The van der Waals surface area contributed by atoms with Gasteiger partial charge in [-0.15, -0.1) is 0 Å². The molecule has 5 heteroatoms. The quantitative estimate of drug-likeness (QED) is 0.754. The number of nitrogens with zero attached hydrogens (tertiary/aromatic N) is 1. The Kier molecular flexibility index (Phi) is 3.37. The molecule has 2 rings (SSSR count). The third-order valence-corrected chi connectivity index (χ3v) is 2.53. The predicted molar refractivity (Wildman–Crippen MR) is 59.1 cm³/mol. The molecule has 0 aromatic heterocycles. The van der Waals surface area contributed by atoms with Crippen molar-refractivity contribution in [2.45, 2.75) is 18.9 Å². The van der Waals surface area contributed by atoms with E-state index in [0.717, 1.165) is 11.3 Å². The van der Waals surface area contributed by atoms with Crippen LogP contribution in [0.1, 0.15) is 18.4 Å². The fraction of sp³-hybridized carbons (Fsp3) is 0.333. The van der Waals surface area contributed by atoms with Gasteiger partial charge in [0, 0.05) is 6.42 Å². The van der Waals surface area contributed by atoms with Crippen molar-refractivity contribution in [1.82, 2.24) is 0 Å². The Morgan fingerprint density at radius 2 is 2.24 bits per heavy atom. The smallest absolute Gasteiger partial charge is 0.309 e. The van der Waals surface area contributed by atoms with Gasteiger partial charge >= 0.3 is 5.97 Å². The highest BCUT2D eigenvalue weighted by Gasteiger charge is 2.24. The van der Waals surface area contributed by atoms with Gasteiger partial charge in [-0.3, -0.25) is 4.79 Å². The Labute approximate surface area is 98.0 Å². The maximum Gasteiger partial charge on any atom is 0.309 e. The van der Waals surface area contributed by atoms with Gasteiger partial charge in [0.05, 0.1) is 19.2 Å². The molecule has 0 saturated heterocycles. The summed E-state index contributed by atoms with van der Waals surface area (Å²) in [6.07, 6.45) is 0.410. The highest BCUT2D eigenvalue weighted by molar-refractivity contribution is 6.01. The Balaban J connectivity index is 1.97. The normalized spacial score (nSPS) is 18.5. The van der Waals surface area contributed by atoms with Crippen LogP contribution in [0.2, 0.25) is 0 Å². The summed E-state index contributed by atoms with van der Waals surface area (Å²) in [6.45, 7) is 0. The van der Waals surface area contributed by atoms with Crippen LogP contribution < -0.4 is 0 Å². The minimum atomic E-state index is -0.328. The second-order valence-electron chi connectivity index (χ2n) is 3.76. The van der Waals surface area contributed by atoms with Crippen LogP contribution in [-0.4, -0.2) is 24.9 Å². The van der Waals surface area contributed by atoms with Crippen molar-refractivity contribution in [1.29, 1.82) is 0 Å². The highest BCUT2D eigenvalue weighted by atomic mass is 19.1. The van der Waals surface area contributed by atoms with Gasteiger partial charge < -0.3 is 9.57 Å². The molecule has 0 N–H and O–H groups in total. The van der Waals surface area contributed by atoms with Crippen LogP contribution in [0.15, 0.2) is 29.4 Å². The molecule has 1 heterocycles. The number of hydrogen-bond acceptors (Lipinski definition) is 4. The molecule has 1 atom stereocenters. The molecule has 17 heavy (non-hydrogen) atoms. The summed E-state index contributed by atoms with van der Waals surface area (Å²) in [7, 11) is 1.33. The standard InChI is InChI=1S/C12H12FNO3/c1-16-12(15)7-10-6-11(14-17-10)8-2-4-9(13)5-3-8/h2-5,10H,6-7H2,1H3. The van der Waals surface area contributed by atoms with E-state index >= 15 is 0 Å². The molecular formula is C12H12FNO3. The average Bonchev–Trinajstić information content (AvgIpc) is 2.78. The molecule has 0 fully saturated rings. The monoisotopic (exact) mass is 237 g/mol. The van der Waals surface area contributed by atoms with E-state index < -0.39 is 0 Å². The lowest BCUT2D eigenvalue weighted by Gasteiger charge is -2.05. The summed E-state index contributed by atoms with van der Waals surface area (Å²) in [4.78, 5) is 16.2. The van der Waals surface area contributed by atoms with Gasteiger partial charge in [0.25, 0.3) is 0 Å². The van der Waals surface area contributed by atoms with Crippen molar-refractivity contribution in [3.63, 3.8) is 0 Å². The summed E-state index contributed by atoms with van der Waals surface area (Å²) >= 11 is 0. The maximum atomic E-state index is 12.7. The number of hydrogen-bond donors (Lipinski definition) is 0. The molecule has 4 nitrogen and oxygen atoms in total. The molecule has 0 spiro atoms. The lowest BCUT2D eigenvalue weighted by molar-refractivity contribution is -0.143. The molecule has 1 aliphatic heterocycles. The Hall–Kier alpha value is -1.91. The topological polar surface area (TPSA) is 47.9 Å². The number of ether oxygens (including phenoxy) is 1. The largest absolute Gasteiger partial charge is 0.469 e. The molecule has 0 radical (unpaired) electrons. The summed E-state index contributed by atoms with van der Waals surface area (Å²) in [5.41, 5.74) is 1.53. The van der Waals surface area contributed by atoms with Gasteiger partial charge in [0.15, 0.2) is 0 Å². The fourth-order valence-corrected chi connectivity index (χ4v) is 1.62. The molecule has 0 bridgehead atoms. The minimum Gasteiger partial charge on any atom is -0.469 e. The zero-order chi connectivity index (χ0) is 12.3. The van der Waals surface area contributed by atoms with E-state index in [9.17, 15) is 9.18 Å². The van der Waals surface area contributed by atoms with Crippen molar-refractivity contribution < 1.29 is 18.8 Å². The summed E-state index contributed by atoms with van der Waals surface area (Å²) < 4.78 is 17.3. The number of carbonyl (C=O) groups excluding carboxylic acids is 1. The Bertz CT molecular complexity index is 442. The first-order valence-corrected chi connectivity index (χ1v) is 5.24. The van der Waals surface area contributed by atoms with Crippen molar-refractivity contribution >= 4 is 11.7 Å². The number of benzene rings is 1. The molecule has 0 amide bonds. The third-order valence-electron chi connectivity index (χ3n) is 2.53. The first kappa shape index (κ1) is 11.6. The minimum absolute atomic E-state index is 0.171. The van der Waals surface area contributed by atoms with Crippen LogP contribution in [0.25, 0.3) is 0 Å². The van der Waals surface area contributed by atoms with E-state index in [1.54, 1.807) is 12.1 Å². The average molecular weight is 237 g/mol. The van der Waals surface area contributed by atoms with Crippen molar-refractivity contribution in [2.24, 2.45) is 5.16 Å². The van der Waals surface area contributed by atoms with Crippen LogP contribution in [0, 0.1) is 5.82 Å². The molecular weight excluding hydrogens is 225 g/mol. The number of carbonyl (C=O) groups is 1. The second kappa shape index (κ2) is 4.95. The first-order valence-electron chi connectivity index (χ1n) is 5.24. The van der Waals surface area contributed by atoms with E-state index in [1.165, 1.54) is 19.2 Å². The Morgan fingerprint density at radius 1 is 1.53 bits per heavy atom. The van der Waals surface area contributed by atoms with Crippen LogP contribution in [0.5, 0.6) is 0 Å². The molecule has 0 saturated carbocycles. The van der Waals surface area contributed by atoms with Gasteiger partial charge in [-0.05, 0) is 17.7 Å². The molecule has 90 valence electrons. The third kappa shape index (κ3) is 2.81. The van der Waals surface area contributed by atoms with E-state index in [1.807, 2.05) is 0 Å². The molecule has 1 aromatic carbocycles. The number of methoxy groups -OCH3 is 1. The van der Waals surface area contributed by atoms with E-state index in [-0.39, 0.29) is 24.3 Å². The molecule has 1 aromatic rings. The summed E-state index contributed by atoms with van der Waals surface area (Å²) in [5.74, 6) is -0.620.